The zero-order valence-electron chi connectivity index (χ0n) is 19.6. The highest BCUT2D eigenvalue weighted by Gasteiger charge is 2.71. The van der Waals surface area contributed by atoms with Gasteiger partial charge in [0.25, 0.3) is 5.69 Å². The number of hydrogen-bond donors (Lipinski definition) is 1. The van der Waals surface area contributed by atoms with E-state index in [1.165, 1.54) is 24.3 Å². The maximum absolute atomic E-state index is 13.5. The number of anilines is 1. The number of amides is 1. The van der Waals surface area contributed by atoms with Crippen molar-refractivity contribution in [2.24, 2.45) is 21.4 Å². The molecule has 2 aromatic rings. The summed E-state index contributed by atoms with van der Waals surface area (Å²) in [6, 6.07) is 12.3. The molecule has 0 aliphatic heterocycles. The normalized spacial score (nSPS) is 25.7. The summed E-state index contributed by atoms with van der Waals surface area (Å²) in [5, 5.41) is 18.1. The second-order valence-electron chi connectivity index (χ2n) is 9.62. The fourth-order valence-electron chi connectivity index (χ4n) is 5.32. The third-order valence-electron chi connectivity index (χ3n) is 8.07. The molecule has 9 heteroatoms. The molecule has 0 heterocycles. The van der Waals surface area contributed by atoms with Crippen LogP contribution in [-0.2, 0) is 9.63 Å². The lowest BCUT2D eigenvalue weighted by Gasteiger charge is -2.39. The van der Waals surface area contributed by atoms with E-state index in [2.05, 4.69) is 31.2 Å². The molecule has 2 aliphatic rings. The molecule has 4 rings (SSSR count). The quantitative estimate of drug-likeness (QED) is 0.365. The largest absolute Gasteiger partial charge is 0.497 e. The highest BCUT2D eigenvalue weighted by Crippen LogP contribution is 2.71. The van der Waals surface area contributed by atoms with Gasteiger partial charge in [-0.3, -0.25) is 14.9 Å². The van der Waals surface area contributed by atoms with Crippen molar-refractivity contribution in [3.8, 4) is 5.75 Å². The molecule has 1 amide bonds. The number of nitro benzene ring substituents is 1. The molecule has 2 bridgehead atoms. The first kappa shape index (κ1) is 23.4. The van der Waals surface area contributed by atoms with Gasteiger partial charge in [0.05, 0.1) is 28.7 Å². The summed E-state index contributed by atoms with van der Waals surface area (Å²) in [4.78, 5) is 41.5. The number of oxime groups is 1. The molecule has 0 aromatic heterocycles. The van der Waals surface area contributed by atoms with Gasteiger partial charge in [0.15, 0.2) is 0 Å². The van der Waals surface area contributed by atoms with E-state index in [1.807, 2.05) is 0 Å². The van der Waals surface area contributed by atoms with Gasteiger partial charge in [-0.2, -0.15) is 0 Å². The van der Waals surface area contributed by atoms with E-state index >= 15 is 0 Å². The van der Waals surface area contributed by atoms with Crippen LogP contribution >= 0.6 is 0 Å². The van der Waals surface area contributed by atoms with Gasteiger partial charge >= 0.3 is 5.97 Å². The summed E-state index contributed by atoms with van der Waals surface area (Å²) in [5.74, 6) is -0.0864. The van der Waals surface area contributed by atoms with Gasteiger partial charge in [-0.1, -0.05) is 25.9 Å². The van der Waals surface area contributed by atoms with Crippen LogP contribution in [0.1, 0.15) is 50.4 Å². The molecule has 34 heavy (non-hydrogen) atoms. The maximum atomic E-state index is 13.5. The standard InChI is InChI=1S/C25H27N3O6/c1-23(2)24(3)13-14-25(23,22(30)26-17-7-11-19(33-4)12-8-17)15-20(24)27-34-21(29)16-5-9-18(10-6-16)28(31)32/h5-12H,13-15H2,1-4H3,(H,26,30). The molecular formula is C25H27N3O6. The van der Waals surface area contributed by atoms with E-state index in [0.29, 0.717) is 30.0 Å². The molecule has 2 aromatic carbocycles. The Bertz CT molecular complexity index is 1170. The maximum Gasteiger partial charge on any atom is 0.365 e. The lowest BCUT2D eigenvalue weighted by atomic mass is 9.64. The Morgan fingerprint density at radius 2 is 1.68 bits per heavy atom. The average molecular weight is 466 g/mol. The van der Waals surface area contributed by atoms with Gasteiger partial charge in [0.2, 0.25) is 5.91 Å². The molecule has 0 radical (unpaired) electrons. The first-order valence-electron chi connectivity index (χ1n) is 11.0. The molecule has 0 saturated heterocycles. The molecule has 2 saturated carbocycles. The summed E-state index contributed by atoms with van der Waals surface area (Å²) < 4.78 is 5.18. The third kappa shape index (κ3) is 3.52. The second kappa shape index (κ2) is 8.23. The lowest BCUT2D eigenvalue weighted by molar-refractivity contribution is -0.384. The van der Waals surface area contributed by atoms with E-state index in [9.17, 15) is 19.7 Å². The first-order chi connectivity index (χ1) is 16.0. The number of benzene rings is 2. The minimum absolute atomic E-state index is 0.0849. The van der Waals surface area contributed by atoms with Crippen molar-refractivity contribution in [2.75, 3.05) is 12.4 Å². The number of methoxy groups -OCH3 is 1. The van der Waals surface area contributed by atoms with Crippen molar-refractivity contribution in [3.63, 3.8) is 0 Å². The fourth-order valence-corrected chi connectivity index (χ4v) is 5.32. The van der Waals surface area contributed by atoms with Crippen LogP contribution in [0.4, 0.5) is 11.4 Å². The molecule has 2 atom stereocenters. The van der Waals surface area contributed by atoms with Crippen LogP contribution in [0.15, 0.2) is 53.7 Å². The van der Waals surface area contributed by atoms with Gasteiger partial charge in [-0.05, 0) is 54.7 Å². The number of rotatable bonds is 6. The zero-order valence-corrected chi connectivity index (χ0v) is 19.6. The first-order valence-corrected chi connectivity index (χ1v) is 11.0. The number of nitro groups is 1. The van der Waals surface area contributed by atoms with Gasteiger partial charge in [-0.25, -0.2) is 4.79 Å². The topological polar surface area (TPSA) is 120 Å². The molecule has 9 nitrogen and oxygen atoms in total. The molecular weight excluding hydrogens is 438 g/mol. The number of fused-ring (bicyclic) bond motifs is 2. The van der Waals surface area contributed by atoms with Crippen LogP contribution in [-0.4, -0.2) is 29.6 Å². The number of nitrogens with zero attached hydrogens (tertiary/aromatic N) is 2. The molecule has 178 valence electrons. The van der Waals surface area contributed by atoms with E-state index < -0.39 is 27.1 Å². The van der Waals surface area contributed by atoms with Crippen LogP contribution in [0.25, 0.3) is 0 Å². The number of non-ortho nitro benzene ring substituents is 1. The Kier molecular flexibility index (Phi) is 5.67. The van der Waals surface area contributed by atoms with Crippen molar-refractivity contribution < 1.29 is 24.1 Å². The number of ether oxygens (including phenoxy) is 1. The van der Waals surface area contributed by atoms with Crippen molar-refractivity contribution in [2.45, 2.75) is 40.0 Å². The fraction of sp³-hybridized carbons (Fsp3) is 0.400. The van der Waals surface area contributed by atoms with Crippen molar-refractivity contribution in [3.05, 3.63) is 64.2 Å². The van der Waals surface area contributed by atoms with Crippen molar-refractivity contribution in [1.82, 2.24) is 0 Å². The van der Waals surface area contributed by atoms with Gasteiger partial charge < -0.3 is 14.9 Å². The molecule has 1 N–H and O–H groups in total. The van der Waals surface area contributed by atoms with Gasteiger partial charge in [-0.15, -0.1) is 0 Å². The number of carbonyl (C=O) groups is 2. The van der Waals surface area contributed by atoms with E-state index in [-0.39, 0.29) is 17.2 Å². The lowest BCUT2D eigenvalue weighted by Crippen LogP contribution is -2.43. The third-order valence-corrected chi connectivity index (χ3v) is 8.07. The Hall–Kier alpha value is -3.75. The van der Waals surface area contributed by atoms with Gasteiger partial charge in [0.1, 0.15) is 5.75 Å². The molecule has 2 aliphatic carbocycles. The number of hydrogen-bond acceptors (Lipinski definition) is 7. The van der Waals surface area contributed by atoms with E-state index in [0.717, 1.165) is 6.42 Å². The average Bonchev–Trinajstić information content (AvgIpc) is 3.13. The Labute approximate surface area is 197 Å². The predicted molar refractivity (Wildman–Crippen MR) is 126 cm³/mol. The highest BCUT2D eigenvalue weighted by atomic mass is 16.7. The summed E-state index contributed by atoms with van der Waals surface area (Å²) >= 11 is 0. The molecule has 0 spiro atoms. The summed E-state index contributed by atoms with van der Waals surface area (Å²) in [6.07, 6.45) is 1.82. The molecule has 2 unspecified atom stereocenters. The minimum atomic E-state index is -0.705. The Morgan fingerprint density at radius 3 is 2.26 bits per heavy atom. The highest BCUT2D eigenvalue weighted by molar-refractivity contribution is 6.06. The van der Waals surface area contributed by atoms with Crippen LogP contribution in [0.5, 0.6) is 5.75 Å². The van der Waals surface area contributed by atoms with Crippen LogP contribution < -0.4 is 10.1 Å². The molecule has 2 fully saturated rings. The summed E-state index contributed by atoms with van der Waals surface area (Å²) in [5.41, 5.74) is -0.136. The smallest absolute Gasteiger partial charge is 0.365 e. The minimum Gasteiger partial charge on any atom is -0.497 e. The predicted octanol–water partition coefficient (Wildman–Crippen LogP) is 4.97. The zero-order chi connectivity index (χ0) is 24.7. The van der Waals surface area contributed by atoms with Crippen molar-refractivity contribution >= 4 is 29.0 Å². The Morgan fingerprint density at radius 1 is 1.03 bits per heavy atom. The number of carbonyl (C=O) groups excluding carboxylic acids is 2. The Balaban J connectivity index is 1.54. The van der Waals surface area contributed by atoms with Crippen LogP contribution in [0, 0.1) is 26.4 Å². The SMILES string of the molecule is COc1ccc(NC(=O)C23CCC(C)(C(=NOC(=O)c4ccc([N+](=O)[O-])cc4)C2)C3(C)C)cc1. The number of nitrogens with one attached hydrogen (secondary N) is 1. The van der Waals surface area contributed by atoms with Gasteiger partial charge in [0, 0.05) is 29.7 Å². The van der Waals surface area contributed by atoms with Crippen LogP contribution in [0.2, 0.25) is 0 Å². The summed E-state index contributed by atoms with van der Waals surface area (Å²) in [6.45, 7) is 6.18. The van der Waals surface area contributed by atoms with E-state index in [4.69, 9.17) is 9.57 Å². The van der Waals surface area contributed by atoms with E-state index in [1.54, 1.807) is 31.4 Å². The summed E-state index contributed by atoms with van der Waals surface area (Å²) in [7, 11) is 1.59. The monoisotopic (exact) mass is 465 g/mol. The van der Waals surface area contributed by atoms with Crippen molar-refractivity contribution in [1.29, 1.82) is 0 Å². The second-order valence-corrected chi connectivity index (χ2v) is 9.62. The van der Waals surface area contributed by atoms with Crippen LogP contribution in [0.3, 0.4) is 0 Å².